The molecular formula is C18H20N6O2. The fraction of sp³-hybridized carbons (Fsp3) is 0.333. The molecule has 134 valence electrons. The van der Waals surface area contributed by atoms with Gasteiger partial charge in [-0.2, -0.15) is 10.2 Å². The quantitative estimate of drug-likeness (QED) is 0.805. The average Bonchev–Trinajstić information content (AvgIpc) is 2.95. The lowest BCUT2D eigenvalue weighted by atomic mass is 10.0. The third kappa shape index (κ3) is 3.37. The Hall–Kier alpha value is -3.34. The van der Waals surface area contributed by atoms with Crippen LogP contribution < -0.4 is 11.5 Å². The van der Waals surface area contributed by atoms with Crippen molar-refractivity contribution in [3.8, 4) is 17.3 Å². The average molecular weight is 352 g/mol. The van der Waals surface area contributed by atoms with E-state index >= 15 is 0 Å². The molecule has 0 spiro atoms. The van der Waals surface area contributed by atoms with Crippen LogP contribution in [0.15, 0.2) is 18.2 Å². The van der Waals surface area contributed by atoms with Crippen molar-refractivity contribution < 1.29 is 9.53 Å². The molecule has 3 rings (SSSR count). The molecule has 2 aromatic rings. The molecule has 26 heavy (non-hydrogen) atoms. The van der Waals surface area contributed by atoms with Gasteiger partial charge in [0.2, 0.25) is 5.95 Å². The molecular weight excluding hydrogens is 332 g/mol. The summed E-state index contributed by atoms with van der Waals surface area (Å²) in [5, 5.41) is 9.35. The summed E-state index contributed by atoms with van der Waals surface area (Å²) in [6, 6.07) is 7.65. The van der Waals surface area contributed by atoms with Crippen LogP contribution in [0, 0.1) is 11.3 Å². The van der Waals surface area contributed by atoms with Gasteiger partial charge in [-0.1, -0.05) is 12.1 Å². The second-order valence-corrected chi connectivity index (χ2v) is 7.12. The number of anilines is 2. The number of hydrogen-bond donors (Lipinski definition) is 2. The lowest BCUT2D eigenvalue weighted by Gasteiger charge is -2.24. The summed E-state index contributed by atoms with van der Waals surface area (Å²) in [7, 11) is 0. The molecule has 0 unspecified atom stereocenters. The molecule has 4 N–H and O–H groups in total. The highest BCUT2D eigenvalue weighted by Gasteiger charge is 2.28. The van der Waals surface area contributed by atoms with Crippen LogP contribution in [0.2, 0.25) is 0 Å². The van der Waals surface area contributed by atoms with E-state index in [9.17, 15) is 10.1 Å². The van der Waals surface area contributed by atoms with Crippen molar-refractivity contribution in [1.82, 2.24) is 14.9 Å². The minimum absolute atomic E-state index is 0.00683. The number of carbonyl (C=O) groups excluding carboxylic acids is 1. The molecule has 2 heterocycles. The zero-order valence-electron chi connectivity index (χ0n) is 14.9. The molecule has 1 aromatic heterocycles. The molecule has 8 heteroatoms. The molecule has 0 fully saturated rings. The van der Waals surface area contributed by atoms with Gasteiger partial charge in [0.05, 0.1) is 5.69 Å². The van der Waals surface area contributed by atoms with Crippen molar-refractivity contribution in [1.29, 1.82) is 5.26 Å². The summed E-state index contributed by atoms with van der Waals surface area (Å²) >= 11 is 0. The Morgan fingerprint density at radius 3 is 2.58 bits per heavy atom. The van der Waals surface area contributed by atoms with E-state index in [0.29, 0.717) is 24.3 Å². The second-order valence-electron chi connectivity index (χ2n) is 7.12. The largest absolute Gasteiger partial charge is 0.444 e. The molecule has 0 radical (unpaired) electrons. The van der Waals surface area contributed by atoms with Crippen LogP contribution >= 0.6 is 0 Å². The maximum atomic E-state index is 12.3. The summed E-state index contributed by atoms with van der Waals surface area (Å²) < 4.78 is 5.43. The van der Waals surface area contributed by atoms with E-state index in [4.69, 9.17) is 16.2 Å². The zero-order valence-corrected chi connectivity index (χ0v) is 14.9. The Morgan fingerprint density at radius 2 is 1.92 bits per heavy atom. The van der Waals surface area contributed by atoms with Gasteiger partial charge in [0.1, 0.15) is 23.1 Å². The van der Waals surface area contributed by atoms with Crippen LogP contribution in [-0.2, 0) is 17.8 Å². The number of fused-ring (bicyclic) bond motifs is 1. The summed E-state index contributed by atoms with van der Waals surface area (Å²) in [6.45, 7) is 6.40. The number of benzene rings is 1. The minimum Gasteiger partial charge on any atom is -0.444 e. The van der Waals surface area contributed by atoms with Gasteiger partial charge in [0.25, 0.3) is 0 Å². The van der Waals surface area contributed by atoms with Gasteiger partial charge >= 0.3 is 6.09 Å². The number of ether oxygens (including phenoxy) is 1. The molecule has 1 aliphatic heterocycles. The van der Waals surface area contributed by atoms with E-state index in [0.717, 1.165) is 11.1 Å². The Balaban J connectivity index is 1.91. The third-order valence-electron chi connectivity index (χ3n) is 3.92. The first-order valence-electron chi connectivity index (χ1n) is 8.11. The Morgan fingerprint density at radius 1 is 1.23 bits per heavy atom. The van der Waals surface area contributed by atoms with Crippen molar-refractivity contribution in [3.05, 3.63) is 34.9 Å². The smallest absolute Gasteiger partial charge is 0.410 e. The van der Waals surface area contributed by atoms with Crippen LogP contribution in [-0.4, -0.2) is 26.6 Å². The fourth-order valence-corrected chi connectivity index (χ4v) is 2.81. The van der Waals surface area contributed by atoms with E-state index < -0.39 is 5.60 Å². The van der Waals surface area contributed by atoms with Crippen LogP contribution in [0.1, 0.15) is 37.5 Å². The summed E-state index contributed by atoms with van der Waals surface area (Å²) in [4.78, 5) is 21.9. The topological polar surface area (TPSA) is 131 Å². The number of aromatic nitrogens is 2. The molecule has 1 aromatic carbocycles. The number of nitrogen functional groups attached to an aromatic ring is 2. The third-order valence-corrected chi connectivity index (χ3v) is 3.92. The maximum Gasteiger partial charge on any atom is 0.410 e. The zero-order chi connectivity index (χ0) is 19.1. The molecule has 1 amide bonds. The monoisotopic (exact) mass is 352 g/mol. The number of hydrogen-bond acceptors (Lipinski definition) is 7. The summed E-state index contributed by atoms with van der Waals surface area (Å²) in [5.41, 5.74) is 14.2. The van der Waals surface area contributed by atoms with Crippen LogP contribution in [0.25, 0.3) is 11.3 Å². The van der Waals surface area contributed by atoms with E-state index in [1.165, 1.54) is 0 Å². The van der Waals surface area contributed by atoms with Crippen molar-refractivity contribution >= 4 is 17.9 Å². The number of nitriles is 1. The first kappa shape index (κ1) is 17.5. The standard InChI is InChI=1S/C18H20N6O2/c1-18(2,3)26-17(25)24-8-11-5-4-10(6-12(11)9-24)14-13(7-19)15(20)23-16(21)22-14/h4-6H,8-9H2,1-3H3,(H4,20,21,22,23). The number of rotatable bonds is 1. The van der Waals surface area contributed by atoms with Crippen LogP contribution in [0.4, 0.5) is 16.6 Å². The Kier molecular flexibility index (Phi) is 4.16. The van der Waals surface area contributed by atoms with Gasteiger partial charge in [0.15, 0.2) is 0 Å². The maximum absolute atomic E-state index is 12.3. The normalized spacial score (nSPS) is 13.2. The predicted molar refractivity (Wildman–Crippen MR) is 96.5 cm³/mol. The Bertz CT molecular complexity index is 926. The van der Waals surface area contributed by atoms with Gasteiger partial charge in [-0.15, -0.1) is 0 Å². The molecule has 0 aliphatic carbocycles. The lowest BCUT2D eigenvalue weighted by Crippen LogP contribution is -2.33. The number of amides is 1. The fourth-order valence-electron chi connectivity index (χ4n) is 2.81. The molecule has 0 saturated heterocycles. The second kappa shape index (κ2) is 6.19. The molecule has 0 bridgehead atoms. The van der Waals surface area contributed by atoms with Crippen LogP contribution in [0.5, 0.6) is 0 Å². The highest BCUT2D eigenvalue weighted by Crippen LogP contribution is 2.31. The highest BCUT2D eigenvalue weighted by atomic mass is 16.6. The first-order chi connectivity index (χ1) is 12.2. The van der Waals surface area contributed by atoms with Crippen molar-refractivity contribution in [2.75, 3.05) is 11.5 Å². The van der Waals surface area contributed by atoms with Gasteiger partial charge in [-0.3, -0.25) is 4.90 Å². The molecule has 8 nitrogen and oxygen atoms in total. The van der Waals surface area contributed by atoms with E-state index in [1.807, 2.05) is 45.0 Å². The van der Waals surface area contributed by atoms with Gasteiger partial charge < -0.3 is 16.2 Å². The van der Waals surface area contributed by atoms with Gasteiger partial charge in [0, 0.05) is 18.7 Å². The van der Waals surface area contributed by atoms with Crippen molar-refractivity contribution in [2.45, 2.75) is 39.5 Å². The molecule has 1 aliphatic rings. The van der Waals surface area contributed by atoms with Gasteiger partial charge in [-0.25, -0.2) is 9.78 Å². The SMILES string of the molecule is CC(C)(C)OC(=O)N1Cc2ccc(-c3nc(N)nc(N)c3C#N)cc2C1. The van der Waals surface area contributed by atoms with Crippen molar-refractivity contribution in [3.63, 3.8) is 0 Å². The van der Waals surface area contributed by atoms with E-state index in [-0.39, 0.29) is 23.4 Å². The summed E-state index contributed by atoms with van der Waals surface area (Å²) in [6.07, 6.45) is -0.358. The van der Waals surface area contributed by atoms with E-state index in [1.54, 1.807) is 4.90 Å². The minimum atomic E-state index is -0.547. The summed E-state index contributed by atoms with van der Waals surface area (Å²) in [5.74, 6) is 0.0539. The highest BCUT2D eigenvalue weighted by molar-refractivity contribution is 5.75. The Labute approximate surface area is 151 Å². The molecule has 0 atom stereocenters. The lowest BCUT2D eigenvalue weighted by molar-refractivity contribution is 0.0242. The molecule has 0 saturated carbocycles. The number of nitrogens with zero attached hydrogens (tertiary/aromatic N) is 4. The number of carbonyl (C=O) groups is 1. The van der Waals surface area contributed by atoms with Crippen LogP contribution in [0.3, 0.4) is 0 Å². The van der Waals surface area contributed by atoms with Gasteiger partial charge in [-0.05, 0) is 38.0 Å². The van der Waals surface area contributed by atoms with Crippen molar-refractivity contribution in [2.24, 2.45) is 0 Å². The number of nitrogens with two attached hydrogens (primary N) is 2. The predicted octanol–water partition coefficient (Wildman–Crippen LogP) is 2.43. The first-order valence-corrected chi connectivity index (χ1v) is 8.11. The van der Waals surface area contributed by atoms with E-state index in [2.05, 4.69) is 9.97 Å².